The first-order valence-corrected chi connectivity index (χ1v) is 7.63. The van der Waals surface area contributed by atoms with Gasteiger partial charge in [-0.2, -0.15) is 0 Å². The molecule has 3 heterocycles. The van der Waals surface area contributed by atoms with Crippen LogP contribution in [-0.4, -0.2) is 9.97 Å². The summed E-state index contributed by atoms with van der Waals surface area (Å²) in [5.41, 5.74) is 1.34. The van der Waals surface area contributed by atoms with Crippen LogP contribution in [0.15, 0.2) is 47.3 Å². The van der Waals surface area contributed by atoms with Crippen LogP contribution in [0.3, 0.4) is 0 Å². The molecule has 0 radical (unpaired) electrons. The molecule has 3 aromatic rings. The van der Waals surface area contributed by atoms with E-state index in [1.165, 1.54) is 11.3 Å². The number of hydrogen-bond acceptors (Lipinski definition) is 5. The molecular weight excluding hydrogens is 308 g/mol. The van der Waals surface area contributed by atoms with E-state index in [0.717, 1.165) is 9.75 Å². The van der Waals surface area contributed by atoms with Crippen molar-refractivity contribution in [3.63, 3.8) is 0 Å². The van der Waals surface area contributed by atoms with E-state index >= 15 is 0 Å². The highest BCUT2D eigenvalue weighted by Gasteiger charge is 2.16. The van der Waals surface area contributed by atoms with Gasteiger partial charge in [-0.05, 0) is 36.4 Å². The summed E-state index contributed by atoms with van der Waals surface area (Å²) >= 11 is 1.48. The van der Waals surface area contributed by atoms with Gasteiger partial charge in [0.15, 0.2) is 11.5 Å². The second-order valence-electron chi connectivity index (χ2n) is 4.52. The zero-order valence-electron chi connectivity index (χ0n) is 12.4. The van der Waals surface area contributed by atoms with Crippen molar-refractivity contribution in [1.82, 2.24) is 9.97 Å². The molecule has 0 unspecified atom stereocenters. The standard InChI is InChI=1S/C18H14N2O2S/c1-5-11-13(7-3)21-17(19-11)15-9-10-16(23-15)18-20-12(6-2)14(8-4)22-18/h5-10H,1-4H2. The van der Waals surface area contributed by atoms with E-state index in [-0.39, 0.29) is 0 Å². The van der Waals surface area contributed by atoms with Crippen molar-refractivity contribution < 1.29 is 8.83 Å². The highest BCUT2D eigenvalue weighted by Crippen LogP contribution is 2.35. The van der Waals surface area contributed by atoms with Crippen molar-refractivity contribution in [2.75, 3.05) is 0 Å². The number of oxazole rings is 2. The predicted molar refractivity (Wildman–Crippen MR) is 95.7 cm³/mol. The Labute approximate surface area is 137 Å². The van der Waals surface area contributed by atoms with Crippen LogP contribution in [0.25, 0.3) is 45.8 Å². The first kappa shape index (κ1) is 15.0. The molecule has 3 rings (SSSR count). The Kier molecular flexibility index (Phi) is 3.95. The molecule has 0 aliphatic carbocycles. The highest BCUT2D eigenvalue weighted by molar-refractivity contribution is 7.18. The molecule has 3 aromatic heterocycles. The predicted octanol–water partition coefficient (Wildman–Crippen LogP) is 5.63. The van der Waals surface area contributed by atoms with Crippen LogP contribution in [-0.2, 0) is 0 Å². The maximum absolute atomic E-state index is 5.69. The lowest BCUT2D eigenvalue weighted by molar-refractivity contribution is 0.566. The fourth-order valence-corrected chi connectivity index (χ4v) is 2.91. The molecule has 5 heteroatoms. The lowest BCUT2D eigenvalue weighted by atomic mass is 10.3. The van der Waals surface area contributed by atoms with Gasteiger partial charge in [0, 0.05) is 0 Å². The molecule has 0 aliphatic heterocycles. The Morgan fingerprint density at radius 2 is 1.17 bits per heavy atom. The molecule has 23 heavy (non-hydrogen) atoms. The Morgan fingerprint density at radius 1 is 0.739 bits per heavy atom. The summed E-state index contributed by atoms with van der Waals surface area (Å²) < 4.78 is 11.4. The summed E-state index contributed by atoms with van der Waals surface area (Å²) in [4.78, 5) is 10.5. The van der Waals surface area contributed by atoms with E-state index in [0.29, 0.717) is 34.7 Å². The summed E-state index contributed by atoms with van der Waals surface area (Å²) in [5, 5.41) is 0. The topological polar surface area (TPSA) is 52.1 Å². The summed E-state index contributed by atoms with van der Waals surface area (Å²) in [6, 6.07) is 3.83. The number of thiophene rings is 1. The molecule has 0 bridgehead atoms. The molecule has 0 saturated heterocycles. The minimum Gasteiger partial charge on any atom is -0.435 e. The minimum atomic E-state index is 0.519. The van der Waals surface area contributed by atoms with Gasteiger partial charge in [-0.25, -0.2) is 9.97 Å². The van der Waals surface area contributed by atoms with Gasteiger partial charge in [-0.3, -0.25) is 0 Å². The van der Waals surface area contributed by atoms with Gasteiger partial charge in [-0.1, -0.05) is 26.3 Å². The monoisotopic (exact) mass is 322 g/mol. The smallest absolute Gasteiger partial charge is 0.237 e. The molecule has 0 atom stereocenters. The maximum Gasteiger partial charge on any atom is 0.237 e. The maximum atomic E-state index is 5.69. The number of hydrogen-bond donors (Lipinski definition) is 0. The number of aromatic nitrogens is 2. The van der Waals surface area contributed by atoms with E-state index < -0.39 is 0 Å². The van der Waals surface area contributed by atoms with Crippen molar-refractivity contribution in [2.24, 2.45) is 0 Å². The zero-order chi connectivity index (χ0) is 16.4. The van der Waals surface area contributed by atoms with Crippen LogP contribution in [0.5, 0.6) is 0 Å². The summed E-state index contributed by atoms with van der Waals surface area (Å²) in [5.74, 6) is 2.24. The van der Waals surface area contributed by atoms with E-state index in [9.17, 15) is 0 Å². The SMILES string of the molecule is C=Cc1nc(-c2ccc(-c3nc(C=C)c(C=C)o3)s2)oc1C=C. The number of rotatable bonds is 6. The Morgan fingerprint density at radius 3 is 1.48 bits per heavy atom. The zero-order valence-corrected chi connectivity index (χ0v) is 13.2. The summed E-state index contributed by atoms with van der Waals surface area (Å²) in [6.45, 7) is 14.9. The van der Waals surface area contributed by atoms with Crippen molar-refractivity contribution >= 4 is 35.6 Å². The molecule has 0 aliphatic rings. The third-order valence-corrected chi connectivity index (χ3v) is 4.21. The van der Waals surface area contributed by atoms with Gasteiger partial charge in [-0.15, -0.1) is 11.3 Å². The number of nitrogens with zero attached hydrogens (tertiary/aromatic N) is 2. The molecule has 0 N–H and O–H groups in total. The van der Waals surface area contributed by atoms with E-state index in [1.807, 2.05) is 12.1 Å². The Balaban J connectivity index is 2.00. The van der Waals surface area contributed by atoms with Gasteiger partial charge in [0.25, 0.3) is 0 Å². The third-order valence-electron chi connectivity index (χ3n) is 3.15. The van der Waals surface area contributed by atoms with E-state index in [4.69, 9.17) is 8.83 Å². The average molecular weight is 322 g/mol. The fourth-order valence-electron chi connectivity index (χ4n) is 2.05. The second-order valence-corrected chi connectivity index (χ2v) is 5.60. The lowest BCUT2D eigenvalue weighted by Gasteiger charge is -1.88. The largest absolute Gasteiger partial charge is 0.435 e. The average Bonchev–Trinajstić information content (AvgIpc) is 3.29. The van der Waals surface area contributed by atoms with Crippen LogP contribution in [0.4, 0.5) is 0 Å². The molecule has 0 fully saturated rings. The second kappa shape index (κ2) is 6.06. The fraction of sp³-hybridized carbons (Fsp3) is 0. The lowest BCUT2D eigenvalue weighted by Crippen LogP contribution is -1.74. The van der Waals surface area contributed by atoms with Crippen LogP contribution in [0.2, 0.25) is 0 Å². The van der Waals surface area contributed by atoms with Gasteiger partial charge in [0.05, 0.1) is 9.75 Å². The molecule has 0 saturated carbocycles. The van der Waals surface area contributed by atoms with Gasteiger partial charge in [0.1, 0.15) is 11.4 Å². The normalized spacial score (nSPS) is 10.4. The molecule has 114 valence electrons. The van der Waals surface area contributed by atoms with Crippen molar-refractivity contribution in [2.45, 2.75) is 0 Å². The first-order valence-electron chi connectivity index (χ1n) is 6.82. The van der Waals surface area contributed by atoms with Crippen LogP contribution in [0, 0.1) is 0 Å². The van der Waals surface area contributed by atoms with E-state index in [2.05, 4.69) is 36.3 Å². The molecule has 0 amide bonds. The van der Waals surface area contributed by atoms with Crippen molar-refractivity contribution in [3.8, 4) is 21.5 Å². The summed E-state index contributed by atoms with van der Waals surface area (Å²) in [6.07, 6.45) is 6.50. The molecule has 0 aromatic carbocycles. The Hall–Kier alpha value is -2.92. The highest BCUT2D eigenvalue weighted by atomic mass is 32.1. The minimum absolute atomic E-state index is 0.519. The third kappa shape index (κ3) is 2.62. The first-order chi connectivity index (χ1) is 11.2. The Bertz CT molecular complexity index is 788. The van der Waals surface area contributed by atoms with Crippen LogP contribution < -0.4 is 0 Å². The van der Waals surface area contributed by atoms with Crippen LogP contribution >= 0.6 is 11.3 Å². The van der Waals surface area contributed by atoms with E-state index in [1.54, 1.807) is 24.3 Å². The van der Waals surface area contributed by atoms with Crippen LogP contribution in [0.1, 0.15) is 22.9 Å². The van der Waals surface area contributed by atoms with Gasteiger partial charge in [0.2, 0.25) is 11.8 Å². The van der Waals surface area contributed by atoms with Gasteiger partial charge < -0.3 is 8.83 Å². The summed E-state index contributed by atoms with van der Waals surface area (Å²) in [7, 11) is 0. The van der Waals surface area contributed by atoms with Crippen molar-refractivity contribution in [1.29, 1.82) is 0 Å². The van der Waals surface area contributed by atoms with Crippen molar-refractivity contribution in [3.05, 3.63) is 61.4 Å². The molecule has 0 spiro atoms. The molecule has 4 nitrogen and oxygen atoms in total. The quantitative estimate of drug-likeness (QED) is 0.590. The van der Waals surface area contributed by atoms with Gasteiger partial charge >= 0.3 is 0 Å². The molecular formula is C18H14N2O2S.